The molecule has 1 amide bonds. The van der Waals surface area contributed by atoms with Crippen molar-refractivity contribution in [2.45, 2.75) is 51.1 Å². The Morgan fingerprint density at radius 1 is 0.952 bits per heavy atom. The molecule has 0 radical (unpaired) electrons. The van der Waals surface area contributed by atoms with E-state index in [1.165, 1.54) is 13.0 Å². The third-order valence-corrected chi connectivity index (χ3v) is 6.19. The first-order valence-electron chi connectivity index (χ1n) is 13.1. The second-order valence-electron chi connectivity index (χ2n) is 10.0. The first-order valence-corrected chi connectivity index (χ1v) is 13.1. The molecule has 0 saturated heterocycles. The number of carboxylic acids is 1. The average Bonchev–Trinajstić information content (AvgIpc) is 2.95. The van der Waals surface area contributed by atoms with Crippen LogP contribution in [0.1, 0.15) is 48.2 Å². The summed E-state index contributed by atoms with van der Waals surface area (Å²) < 4.78 is 66.4. The molecule has 0 bridgehead atoms. The van der Waals surface area contributed by atoms with E-state index < -0.39 is 36.4 Å². The summed E-state index contributed by atoms with van der Waals surface area (Å²) in [5.74, 6) is -4.95. The molecule has 1 heterocycles. The fourth-order valence-electron chi connectivity index (χ4n) is 3.70. The van der Waals surface area contributed by atoms with Crippen LogP contribution in [0.3, 0.4) is 0 Å². The van der Waals surface area contributed by atoms with Crippen molar-refractivity contribution in [1.29, 1.82) is 0 Å². The Kier molecular flexibility index (Phi) is 10.7. The maximum Gasteiger partial charge on any atom is 0.348 e. The van der Waals surface area contributed by atoms with Gasteiger partial charge in [0, 0.05) is 18.7 Å². The zero-order valence-corrected chi connectivity index (χ0v) is 23.3. The summed E-state index contributed by atoms with van der Waals surface area (Å²) in [7, 11) is 0. The van der Waals surface area contributed by atoms with Crippen LogP contribution in [-0.4, -0.2) is 59.7 Å². The summed E-state index contributed by atoms with van der Waals surface area (Å²) in [5.41, 5.74) is 0.445. The Hall–Kier alpha value is -4.35. The molecule has 12 heteroatoms. The van der Waals surface area contributed by atoms with Crippen LogP contribution >= 0.6 is 0 Å². The fraction of sp³-hybridized carbons (Fsp3) is 0.367. The van der Waals surface area contributed by atoms with Gasteiger partial charge >= 0.3 is 18.3 Å². The number of pyridine rings is 1. The summed E-state index contributed by atoms with van der Waals surface area (Å²) in [4.78, 5) is 28.0. The number of amides is 1. The maximum atomic E-state index is 12.9. The van der Waals surface area contributed by atoms with Crippen molar-refractivity contribution in [2.75, 3.05) is 19.8 Å². The number of benzene rings is 2. The van der Waals surface area contributed by atoms with E-state index >= 15 is 0 Å². The molecular weight excluding hydrogens is 560 g/mol. The van der Waals surface area contributed by atoms with Crippen LogP contribution < -0.4 is 19.5 Å². The molecule has 8 nitrogen and oxygen atoms in total. The van der Waals surface area contributed by atoms with Crippen molar-refractivity contribution in [3.8, 4) is 17.4 Å². The molecule has 0 aliphatic rings. The molecule has 2 aromatic carbocycles. The Morgan fingerprint density at radius 3 is 2.14 bits per heavy atom. The van der Waals surface area contributed by atoms with Crippen LogP contribution in [0.15, 0.2) is 66.9 Å². The molecule has 226 valence electrons. The lowest BCUT2D eigenvalue weighted by atomic mass is 9.96. The van der Waals surface area contributed by atoms with Crippen LogP contribution in [0.2, 0.25) is 0 Å². The van der Waals surface area contributed by atoms with Gasteiger partial charge < -0.3 is 24.6 Å². The monoisotopic (exact) mass is 592 g/mol. The summed E-state index contributed by atoms with van der Waals surface area (Å²) in [6, 6.07) is 16.5. The van der Waals surface area contributed by atoms with Gasteiger partial charge in [-0.2, -0.15) is 8.78 Å². The molecule has 0 aliphatic heterocycles. The molecule has 0 fully saturated rings. The number of nitrogens with one attached hydrogen (secondary N) is 1. The number of carbonyl (C=O) groups excluding carboxylic acids is 1. The predicted octanol–water partition coefficient (Wildman–Crippen LogP) is 5.76. The van der Waals surface area contributed by atoms with E-state index in [4.69, 9.17) is 9.47 Å². The van der Waals surface area contributed by atoms with Gasteiger partial charge in [0.25, 0.3) is 5.91 Å². The van der Waals surface area contributed by atoms with Crippen LogP contribution in [0, 0.1) is 0 Å². The number of ether oxygens (including phenoxy) is 3. The Morgan fingerprint density at radius 2 is 1.60 bits per heavy atom. The van der Waals surface area contributed by atoms with Gasteiger partial charge in [-0.05, 0) is 54.3 Å². The lowest BCUT2D eigenvalue weighted by Crippen LogP contribution is -2.43. The van der Waals surface area contributed by atoms with Crippen molar-refractivity contribution >= 4 is 11.9 Å². The third kappa shape index (κ3) is 9.08. The molecule has 1 aromatic heterocycles. The number of nitrogens with zero attached hydrogens (tertiary/aromatic N) is 1. The minimum atomic E-state index is -4.31. The topological polar surface area (TPSA) is 107 Å². The number of hydrogen-bond acceptors (Lipinski definition) is 6. The lowest BCUT2D eigenvalue weighted by molar-refractivity contribution is -0.153. The SMILES string of the molecule is CC(C)c1ccc(OC(C)(Cc2ccc(OCCNC(=O)c3ccc(OCC(F)(F)C(F)F)nc3)cc2)C(=O)O)cc1. The van der Waals surface area contributed by atoms with Gasteiger partial charge in [0.1, 0.15) is 18.1 Å². The largest absolute Gasteiger partial charge is 0.492 e. The molecule has 2 N–H and O–H groups in total. The van der Waals surface area contributed by atoms with Gasteiger partial charge in [0.2, 0.25) is 11.5 Å². The van der Waals surface area contributed by atoms with Crippen LogP contribution in [0.5, 0.6) is 17.4 Å². The Labute approximate surface area is 240 Å². The first-order chi connectivity index (χ1) is 19.8. The van der Waals surface area contributed by atoms with Crippen LogP contribution in [0.25, 0.3) is 0 Å². The van der Waals surface area contributed by atoms with Gasteiger partial charge in [-0.1, -0.05) is 38.1 Å². The predicted molar refractivity (Wildman–Crippen MR) is 146 cm³/mol. The van der Waals surface area contributed by atoms with E-state index in [0.717, 1.165) is 23.4 Å². The minimum Gasteiger partial charge on any atom is -0.492 e. The van der Waals surface area contributed by atoms with Crippen molar-refractivity contribution in [2.24, 2.45) is 0 Å². The molecule has 3 rings (SSSR count). The molecule has 1 atom stereocenters. The number of halogens is 4. The number of rotatable bonds is 15. The summed E-state index contributed by atoms with van der Waals surface area (Å²) in [6.07, 6.45) is -2.69. The lowest BCUT2D eigenvalue weighted by Gasteiger charge is -2.27. The highest BCUT2D eigenvalue weighted by Gasteiger charge is 2.42. The normalized spacial score (nSPS) is 13.0. The number of aliphatic carboxylic acids is 1. The molecule has 42 heavy (non-hydrogen) atoms. The molecule has 0 aliphatic carbocycles. The van der Waals surface area contributed by atoms with Crippen molar-refractivity contribution in [3.63, 3.8) is 0 Å². The zero-order valence-electron chi connectivity index (χ0n) is 23.3. The van der Waals surface area contributed by atoms with Crippen molar-refractivity contribution in [1.82, 2.24) is 10.3 Å². The van der Waals surface area contributed by atoms with Gasteiger partial charge in [-0.25, -0.2) is 18.6 Å². The average molecular weight is 593 g/mol. The first kappa shape index (κ1) is 32.2. The Balaban J connectivity index is 1.46. The molecule has 3 aromatic rings. The summed E-state index contributed by atoms with van der Waals surface area (Å²) >= 11 is 0. The molecule has 0 spiro atoms. The third-order valence-electron chi connectivity index (χ3n) is 6.19. The van der Waals surface area contributed by atoms with Crippen LogP contribution in [-0.2, 0) is 11.2 Å². The Bertz CT molecular complexity index is 1320. The number of aromatic nitrogens is 1. The second kappa shape index (κ2) is 14.0. The van der Waals surface area contributed by atoms with Gasteiger partial charge in [-0.3, -0.25) is 4.79 Å². The number of carboxylic acid groups (broad SMARTS) is 1. The van der Waals surface area contributed by atoms with E-state index in [1.807, 2.05) is 12.1 Å². The number of carbonyl (C=O) groups is 2. The van der Waals surface area contributed by atoms with E-state index in [9.17, 15) is 32.3 Å². The zero-order chi connectivity index (χ0) is 30.9. The molecule has 0 saturated carbocycles. The number of alkyl halides is 4. The fourth-order valence-corrected chi connectivity index (χ4v) is 3.70. The van der Waals surface area contributed by atoms with Gasteiger partial charge in [0.15, 0.2) is 6.61 Å². The second-order valence-corrected chi connectivity index (χ2v) is 10.0. The quantitative estimate of drug-likeness (QED) is 0.171. The van der Waals surface area contributed by atoms with Crippen LogP contribution in [0.4, 0.5) is 17.6 Å². The summed E-state index contributed by atoms with van der Waals surface area (Å²) in [5, 5.41) is 12.5. The highest BCUT2D eigenvalue weighted by atomic mass is 19.3. The van der Waals surface area contributed by atoms with E-state index in [2.05, 4.69) is 28.9 Å². The maximum absolute atomic E-state index is 12.9. The minimum absolute atomic E-state index is 0.104. The van der Waals surface area contributed by atoms with E-state index in [0.29, 0.717) is 17.4 Å². The number of hydrogen-bond donors (Lipinski definition) is 2. The van der Waals surface area contributed by atoms with Crippen molar-refractivity contribution in [3.05, 3.63) is 83.6 Å². The molecule has 1 unspecified atom stereocenters. The van der Waals surface area contributed by atoms with Gasteiger partial charge in [-0.15, -0.1) is 0 Å². The van der Waals surface area contributed by atoms with E-state index in [-0.39, 0.29) is 31.0 Å². The highest BCUT2D eigenvalue weighted by Crippen LogP contribution is 2.26. The molecular formula is C30H32F4N2O6. The smallest absolute Gasteiger partial charge is 0.348 e. The van der Waals surface area contributed by atoms with E-state index in [1.54, 1.807) is 36.4 Å². The highest BCUT2D eigenvalue weighted by molar-refractivity contribution is 5.93. The standard InChI is InChI=1S/C30H32F4N2O6/c1-19(2)21-6-11-24(12-7-21)42-29(3,28(38)39)16-20-4-9-23(10-5-20)40-15-14-35-26(37)22-8-13-25(36-17-22)41-18-30(33,34)27(31)32/h4-13,17,19,27H,14-16,18H2,1-3H3,(H,35,37)(H,38,39). The summed E-state index contributed by atoms with van der Waals surface area (Å²) in [6.45, 7) is 4.35. The van der Waals surface area contributed by atoms with Gasteiger partial charge in [0.05, 0.1) is 12.1 Å². The van der Waals surface area contributed by atoms with Crippen molar-refractivity contribution < 1.29 is 46.5 Å².